The first-order valence-electron chi connectivity index (χ1n) is 5.83. The maximum atomic E-state index is 5.63. The Balaban J connectivity index is 2.14. The van der Waals surface area contributed by atoms with Crippen LogP contribution in [0.5, 0.6) is 0 Å². The van der Waals surface area contributed by atoms with E-state index in [1.807, 2.05) is 5.38 Å². The van der Waals surface area contributed by atoms with Crippen LogP contribution < -0.4 is 5.73 Å². The van der Waals surface area contributed by atoms with Gasteiger partial charge in [0.25, 0.3) is 0 Å². The molecule has 0 aliphatic rings. The third kappa shape index (κ3) is 2.86. The van der Waals surface area contributed by atoms with Crippen molar-refractivity contribution in [3.8, 4) is 0 Å². The van der Waals surface area contributed by atoms with Crippen LogP contribution in [0.1, 0.15) is 27.9 Å². The van der Waals surface area contributed by atoms with E-state index in [2.05, 4.69) is 37.9 Å². The Hall–Kier alpha value is -1.35. The van der Waals surface area contributed by atoms with Crippen LogP contribution in [-0.4, -0.2) is 4.98 Å². The first-order chi connectivity index (χ1) is 8.06. The second-order valence-electron chi connectivity index (χ2n) is 4.55. The molecule has 0 bridgehead atoms. The highest BCUT2D eigenvalue weighted by Gasteiger charge is 2.05. The van der Waals surface area contributed by atoms with Gasteiger partial charge in [0.15, 0.2) is 5.13 Å². The number of rotatable bonds is 3. The van der Waals surface area contributed by atoms with Crippen molar-refractivity contribution in [2.24, 2.45) is 0 Å². The Kier molecular flexibility index (Phi) is 3.48. The van der Waals surface area contributed by atoms with Crippen LogP contribution in [0.3, 0.4) is 0 Å². The SMILES string of the molecule is Cc1cc(C)c(CCc2csc(N)n2)c(C)c1. The van der Waals surface area contributed by atoms with E-state index in [1.54, 1.807) is 0 Å². The van der Waals surface area contributed by atoms with Gasteiger partial charge in [-0.3, -0.25) is 0 Å². The number of anilines is 1. The van der Waals surface area contributed by atoms with E-state index in [0.717, 1.165) is 18.5 Å². The quantitative estimate of drug-likeness (QED) is 0.901. The molecule has 0 aliphatic carbocycles. The zero-order valence-electron chi connectivity index (χ0n) is 10.6. The molecule has 0 atom stereocenters. The number of benzene rings is 1. The first kappa shape index (κ1) is 12.1. The summed E-state index contributed by atoms with van der Waals surface area (Å²) in [6, 6.07) is 4.50. The number of nitrogens with zero attached hydrogens (tertiary/aromatic N) is 1. The predicted octanol–water partition coefficient (Wildman–Crippen LogP) is 3.44. The van der Waals surface area contributed by atoms with Gasteiger partial charge in [0.1, 0.15) is 0 Å². The van der Waals surface area contributed by atoms with E-state index < -0.39 is 0 Å². The van der Waals surface area contributed by atoms with Crippen molar-refractivity contribution in [2.75, 3.05) is 5.73 Å². The molecule has 0 saturated heterocycles. The number of aryl methyl sites for hydroxylation is 4. The Morgan fingerprint density at radius 2 is 1.76 bits per heavy atom. The fourth-order valence-corrected chi connectivity index (χ4v) is 2.89. The van der Waals surface area contributed by atoms with E-state index >= 15 is 0 Å². The van der Waals surface area contributed by atoms with Gasteiger partial charge in [-0.2, -0.15) is 0 Å². The molecule has 0 unspecified atom stereocenters. The Morgan fingerprint density at radius 3 is 2.29 bits per heavy atom. The zero-order valence-corrected chi connectivity index (χ0v) is 11.4. The van der Waals surface area contributed by atoms with Crippen LogP contribution in [0.25, 0.3) is 0 Å². The monoisotopic (exact) mass is 246 g/mol. The lowest BCUT2D eigenvalue weighted by molar-refractivity contribution is 0.908. The zero-order chi connectivity index (χ0) is 12.4. The van der Waals surface area contributed by atoms with Crippen molar-refractivity contribution in [3.63, 3.8) is 0 Å². The summed E-state index contributed by atoms with van der Waals surface area (Å²) in [6.45, 7) is 6.51. The lowest BCUT2D eigenvalue weighted by Crippen LogP contribution is -1.98. The summed E-state index contributed by atoms with van der Waals surface area (Å²) in [5.41, 5.74) is 12.3. The summed E-state index contributed by atoms with van der Waals surface area (Å²) >= 11 is 1.52. The van der Waals surface area contributed by atoms with Crippen molar-refractivity contribution in [2.45, 2.75) is 33.6 Å². The molecular weight excluding hydrogens is 228 g/mol. The van der Waals surface area contributed by atoms with Crippen LogP contribution in [0.4, 0.5) is 5.13 Å². The molecule has 1 aromatic carbocycles. The Labute approximate surface area is 107 Å². The molecule has 1 aromatic heterocycles. The standard InChI is InChI=1S/C14H18N2S/c1-9-6-10(2)13(11(3)7-9)5-4-12-8-17-14(15)16-12/h6-8H,4-5H2,1-3H3,(H2,15,16). The normalized spacial score (nSPS) is 10.8. The number of thiazole rings is 1. The maximum absolute atomic E-state index is 5.63. The molecule has 2 aromatic rings. The molecule has 2 N–H and O–H groups in total. The van der Waals surface area contributed by atoms with E-state index in [1.165, 1.54) is 33.6 Å². The van der Waals surface area contributed by atoms with Crippen LogP contribution in [0, 0.1) is 20.8 Å². The van der Waals surface area contributed by atoms with Gasteiger partial charge < -0.3 is 5.73 Å². The second kappa shape index (κ2) is 4.88. The van der Waals surface area contributed by atoms with Crippen molar-refractivity contribution in [1.29, 1.82) is 0 Å². The highest BCUT2D eigenvalue weighted by Crippen LogP contribution is 2.19. The van der Waals surface area contributed by atoms with Gasteiger partial charge >= 0.3 is 0 Å². The molecule has 1 heterocycles. The highest BCUT2D eigenvalue weighted by molar-refractivity contribution is 7.13. The fourth-order valence-electron chi connectivity index (χ4n) is 2.29. The Morgan fingerprint density at radius 1 is 1.12 bits per heavy atom. The average Bonchev–Trinajstić information content (AvgIpc) is 2.62. The predicted molar refractivity (Wildman–Crippen MR) is 74.6 cm³/mol. The van der Waals surface area contributed by atoms with Crippen LogP contribution >= 0.6 is 11.3 Å². The van der Waals surface area contributed by atoms with E-state index in [9.17, 15) is 0 Å². The van der Waals surface area contributed by atoms with E-state index in [0.29, 0.717) is 5.13 Å². The summed E-state index contributed by atoms with van der Waals surface area (Å²) in [4.78, 5) is 4.30. The van der Waals surface area contributed by atoms with Crippen molar-refractivity contribution < 1.29 is 0 Å². The van der Waals surface area contributed by atoms with Crippen LogP contribution in [0.2, 0.25) is 0 Å². The van der Waals surface area contributed by atoms with Gasteiger partial charge in [-0.15, -0.1) is 11.3 Å². The molecule has 17 heavy (non-hydrogen) atoms. The van der Waals surface area contributed by atoms with Crippen molar-refractivity contribution in [3.05, 3.63) is 45.5 Å². The number of aromatic nitrogens is 1. The van der Waals surface area contributed by atoms with Gasteiger partial charge in [-0.25, -0.2) is 4.98 Å². The molecule has 0 amide bonds. The third-order valence-electron chi connectivity index (χ3n) is 3.04. The van der Waals surface area contributed by atoms with Gasteiger partial charge in [0.2, 0.25) is 0 Å². The van der Waals surface area contributed by atoms with Gasteiger partial charge in [0.05, 0.1) is 5.69 Å². The van der Waals surface area contributed by atoms with Crippen LogP contribution in [0.15, 0.2) is 17.5 Å². The molecule has 3 heteroatoms. The summed E-state index contributed by atoms with van der Waals surface area (Å²) in [5.74, 6) is 0. The molecule has 90 valence electrons. The smallest absolute Gasteiger partial charge is 0.180 e. The molecule has 0 spiro atoms. The van der Waals surface area contributed by atoms with Gasteiger partial charge in [-0.05, 0) is 50.3 Å². The molecule has 0 radical (unpaired) electrons. The summed E-state index contributed by atoms with van der Waals surface area (Å²) in [5, 5.41) is 2.71. The molecule has 2 rings (SSSR count). The average molecular weight is 246 g/mol. The molecule has 2 nitrogen and oxygen atoms in total. The molecule has 0 saturated carbocycles. The number of hydrogen-bond acceptors (Lipinski definition) is 3. The number of nitrogen functional groups attached to an aromatic ring is 1. The minimum atomic E-state index is 0.664. The fraction of sp³-hybridized carbons (Fsp3) is 0.357. The van der Waals surface area contributed by atoms with Crippen LogP contribution in [-0.2, 0) is 12.8 Å². The van der Waals surface area contributed by atoms with Gasteiger partial charge in [-0.1, -0.05) is 17.7 Å². The summed E-state index contributed by atoms with van der Waals surface area (Å²) < 4.78 is 0. The topological polar surface area (TPSA) is 38.9 Å². The largest absolute Gasteiger partial charge is 0.375 e. The summed E-state index contributed by atoms with van der Waals surface area (Å²) in [6.07, 6.45) is 2.01. The molecule has 0 aliphatic heterocycles. The highest BCUT2D eigenvalue weighted by atomic mass is 32.1. The summed E-state index contributed by atoms with van der Waals surface area (Å²) in [7, 11) is 0. The molecular formula is C14H18N2S. The van der Waals surface area contributed by atoms with Crippen molar-refractivity contribution >= 4 is 16.5 Å². The van der Waals surface area contributed by atoms with Crippen molar-refractivity contribution in [1.82, 2.24) is 4.98 Å². The lowest BCUT2D eigenvalue weighted by Gasteiger charge is -2.10. The number of nitrogens with two attached hydrogens (primary N) is 1. The maximum Gasteiger partial charge on any atom is 0.180 e. The Bertz CT molecular complexity index is 506. The second-order valence-corrected chi connectivity index (χ2v) is 5.44. The van der Waals surface area contributed by atoms with Gasteiger partial charge in [0, 0.05) is 5.38 Å². The number of hydrogen-bond donors (Lipinski definition) is 1. The lowest BCUT2D eigenvalue weighted by atomic mass is 9.96. The van der Waals surface area contributed by atoms with E-state index in [4.69, 9.17) is 5.73 Å². The first-order valence-corrected chi connectivity index (χ1v) is 6.71. The third-order valence-corrected chi connectivity index (χ3v) is 3.76. The molecule has 0 fully saturated rings. The minimum Gasteiger partial charge on any atom is -0.375 e. The van der Waals surface area contributed by atoms with E-state index in [-0.39, 0.29) is 0 Å². The minimum absolute atomic E-state index is 0.664.